The number of carbonyl (C=O) groups is 1. The number of hydrogen-bond acceptors (Lipinski definition) is 4. The van der Waals surface area contributed by atoms with Gasteiger partial charge in [0.1, 0.15) is 5.82 Å². The molecule has 1 amide bonds. The molecule has 0 saturated carbocycles. The molecule has 0 aliphatic heterocycles. The lowest BCUT2D eigenvalue weighted by Crippen LogP contribution is -2.30. The molecule has 3 N–H and O–H groups in total. The zero-order chi connectivity index (χ0) is 23.9. The summed E-state index contributed by atoms with van der Waals surface area (Å²) < 4.78 is 18.3. The first-order valence-corrected chi connectivity index (χ1v) is 11.1. The number of rotatable bonds is 7. The smallest absolute Gasteiger partial charge is 0.294 e. The molecule has 3 aromatic carbocycles. The number of nitrogens with zero attached hydrogens (tertiary/aromatic N) is 1. The number of aromatic nitrogens is 1. The molecule has 1 heterocycles. The number of thiocarbonyl (C=S) groups is 1. The van der Waals surface area contributed by atoms with Gasteiger partial charge >= 0.3 is 0 Å². The molecule has 0 bridgehead atoms. The molecule has 4 aromatic rings. The minimum Gasteiger partial charge on any atom is -0.356 e. The molecule has 34 heavy (non-hydrogen) atoms. The van der Waals surface area contributed by atoms with Crippen LogP contribution in [0.2, 0.25) is 0 Å². The van der Waals surface area contributed by atoms with Gasteiger partial charge in [-0.3, -0.25) is 4.79 Å². The highest BCUT2D eigenvalue weighted by Gasteiger charge is 2.14. The molecule has 6 nitrogen and oxygen atoms in total. The Kier molecular flexibility index (Phi) is 7.29. The van der Waals surface area contributed by atoms with Gasteiger partial charge in [0.25, 0.3) is 5.91 Å². The summed E-state index contributed by atoms with van der Waals surface area (Å²) in [6.07, 6.45) is 0.589. The van der Waals surface area contributed by atoms with Crippen molar-refractivity contribution in [2.24, 2.45) is 0 Å². The van der Waals surface area contributed by atoms with Crippen molar-refractivity contribution in [3.8, 4) is 0 Å². The van der Waals surface area contributed by atoms with Crippen LogP contribution in [0.4, 0.5) is 15.8 Å². The first-order valence-electron chi connectivity index (χ1n) is 10.7. The van der Waals surface area contributed by atoms with Crippen molar-refractivity contribution in [3.63, 3.8) is 0 Å². The van der Waals surface area contributed by atoms with E-state index in [4.69, 9.17) is 16.7 Å². The molecule has 0 radical (unpaired) electrons. The van der Waals surface area contributed by atoms with Crippen LogP contribution < -0.4 is 16.0 Å². The van der Waals surface area contributed by atoms with Crippen LogP contribution in [-0.4, -0.2) is 16.2 Å². The van der Waals surface area contributed by atoms with Gasteiger partial charge in [-0.1, -0.05) is 47.6 Å². The summed E-state index contributed by atoms with van der Waals surface area (Å²) in [5, 5.41) is 13.5. The van der Waals surface area contributed by atoms with Crippen molar-refractivity contribution in [3.05, 3.63) is 113 Å². The van der Waals surface area contributed by atoms with Crippen molar-refractivity contribution >= 4 is 34.6 Å². The number of nitrogens with one attached hydrogen (secondary N) is 3. The summed E-state index contributed by atoms with van der Waals surface area (Å²) in [6, 6.07) is 24.8. The van der Waals surface area contributed by atoms with Crippen LogP contribution >= 0.6 is 12.2 Å². The second-order valence-corrected chi connectivity index (χ2v) is 8.16. The number of carbonyl (C=O) groups excluding carboxylic acids is 1. The van der Waals surface area contributed by atoms with Gasteiger partial charge in [-0.25, -0.2) is 4.39 Å². The second kappa shape index (κ2) is 10.7. The minimum absolute atomic E-state index is 0.0900. The molecular weight excluding hydrogens is 451 g/mol. The molecule has 0 aliphatic rings. The van der Waals surface area contributed by atoms with E-state index in [1.807, 2.05) is 37.3 Å². The van der Waals surface area contributed by atoms with Gasteiger partial charge in [-0.05, 0) is 66.7 Å². The van der Waals surface area contributed by atoms with Crippen LogP contribution in [0.15, 0.2) is 89.5 Å². The van der Waals surface area contributed by atoms with Crippen LogP contribution in [0, 0.1) is 5.82 Å². The molecule has 1 aromatic heterocycles. The zero-order valence-electron chi connectivity index (χ0n) is 18.4. The molecular formula is C26H23FN4O2S. The third-order valence-corrected chi connectivity index (χ3v) is 5.35. The largest absolute Gasteiger partial charge is 0.356 e. The topological polar surface area (TPSA) is 79.2 Å². The maximum atomic E-state index is 13.1. The van der Waals surface area contributed by atoms with Gasteiger partial charge < -0.3 is 20.5 Å². The van der Waals surface area contributed by atoms with Gasteiger partial charge in [0.2, 0.25) is 5.76 Å². The van der Waals surface area contributed by atoms with Crippen LogP contribution in [0.1, 0.15) is 40.3 Å². The first kappa shape index (κ1) is 23.1. The number of amides is 1. The third kappa shape index (κ3) is 6.26. The van der Waals surface area contributed by atoms with E-state index in [1.54, 1.807) is 42.5 Å². The lowest BCUT2D eigenvalue weighted by molar-refractivity contribution is 0.0988. The monoisotopic (exact) mass is 474 g/mol. The Balaban J connectivity index is 1.29. The average Bonchev–Trinajstić information content (AvgIpc) is 3.30. The fraction of sp³-hybridized carbons (Fsp3) is 0.115. The quantitative estimate of drug-likeness (QED) is 0.298. The summed E-state index contributed by atoms with van der Waals surface area (Å²) in [5.41, 5.74) is 4.06. The van der Waals surface area contributed by atoms with E-state index >= 15 is 0 Å². The SMILES string of the molecule is CC(NC(=S)Nc1ccc(NC(=O)c2cc(Cc3ccccc3)no2)cc1)c1ccc(F)cc1. The van der Waals surface area contributed by atoms with Gasteiger partial charge in [0, 0.05) is 23.9 Å². The summed E-state index contributed by atoms with van der Waals surface area (Å²) in [5.74, 6) is -0.508. The predicted molar refractivity (Wildman–Crippen MR) is 134 cm³/mol. The summed E-state index contributed by atoms with van der Waals surface area (Å²) >= 11 is 5.37. The van der Waals surface area contributed by atoms with Crippen molar-refractivity contribution in [1.29, 1.82) is 0 Å². The Labute approximate surface area is 202 Å². The molecule has 0 aliphatic carbocycles. The zero-order valence-corrected chi connectivity index (χ0v) is 19.2. The van der Waals surface area contributed by atoms with Crippen LogP contribution in [0.3, 0.4) is 0 Å². The molecule has 8 heteroatoms. The van der Waals surface area contributed by atoms with E-state index in [0.717, 1.165) is 16.8 Å². The molecule has 4 rings (SSSR count). The van der Waals surface area contributed by atoms with Gasteiger partial charge in [-0.15, -0.1) is 0 Å². The summed E-state index contributed by atoms with van der Waals surface area (Å²) in [6.45, 7) is 1.94. The highest BCUT2D eigenvalue weighted by molar-refractivity contribution is 7.80. The lowest BCUT2D eigenvalue weighted by Gasteiger charge is -2.17. The highest BCUT2D eigenvalue weighted by Crippen LogP contribution is 2.17. The summed E-state index contributed by atoms with van der Waals surface area (Å²) in [4.78, 5) is 12.5. The Morgan fingerprint density at radius 2 is 1.62 bits per heavy atom. The number of anilines is 2. The van der Waals surface area contributed by atoms with Crippen molar-refractivity contribution < 1.29 is 13.7 Å². The van der Waals surface area contributed by atoms with Crippen LogP contribution in [0.25, 0.3) is 0 Å². The van der Waals surface area contributed by atoms with Crippen LogP contribution in [0.5, 0.6) is 0 Å². The molecule has 1 atom stereocenters. The molecule has 0 saturated heterocycles. The summed E-state index contributed by atoms with van der Waals surface area (Å²) in [7, 11) is 0. The maximum Gasteiger partial charge on any atom is 0.294 e. The van der Waals surface area contributed by atoms with Crippen LogP contribution in [-0.2, 0) is 6.42 Å². The lowest BCUT2D eigenvalue weighted by atomic mass is 10.1. The van der Waals surface area contributed by atoms with Crippen molar-refractivity contribution in [2.75, 3.05) is 10.6 Å². The Bertz CT molecular complexity index is 1260. The van der Waals surface area contributed by atoms with E-state index in [0.29, 0.717) is 22.9 Å². The van der Waals surface area contributed by atoms with Crippen molar-refractivity contribution in [1.82, 2.24) is 10.5 Å². The number of benzene rings is 3. The Morgan fingerprint density at radius 3 is 2.29 bits per heavy atom. The third-order valence-electron chi connectivity index (χ3n) is 5.13. The normalized spacial score (nSPS) is 11.5. The van der Waals surface area contributed by atoms with E-state index in [2.05, 4.69) is 21.1 Å². The molecule has 0 spiro atoms. The van der Waals surface area contributed by atoms with Gasteiger partial charge in [0.15, 0.2) is 5.11 Å². The fourth-order valence-corrected chi connectivity index (χ4v) is 3.63. The fourth-order valence-electron chi connectivity index (χ4n) is 3.34. The standard InChI is InChI=1S/C26H23FN4O2S/c1-17(19-7-9-20(27)10-8-19)28-26(34)30-22-13-11-21(12-14-22)29-25(32)24-16-23(31-33-24)15-18-5-3-2-4-6-18/h2-14,16-17H,15H2,1H3,(H,29,32)(H2,28,30,34). The maximum absolute atomic E-state index is 13.1. The number of hydrogen-bond donors (Lipinski definition) is 3. The van der Waals surface area contributed by atoms with E-state index < -0.39 is 0 Å². The van der Waals surface area contributed by atoms with E-state index in [9.17, 15) is 9.18 Å². The number of halogens is 1. The van der Waals surface area contributed by atoms with E-state index in [1.165, 1.54) is 12.1 Å². The highest BCUT2D eigenvalue weighted by atomic mass is 32.1. The average molecular weight is 475 g/mol. The molecule has 1 unspecified atom stereocenters. The molecule has 0 fully saturated rings. The second-order valence-electron chi connectivity index (χ2n) is 7.75. The predicted octanol–water partition coefficient (Wildman–Crippen LogP) is 5.70. The Hall–Kier alpha value is -4.04. The van der Waals surface area contributed by atoms with Gasteiger partial charge in [0.05, 0.1) is 11.7 Å². The van der Waals surface area contributed by atoms with Crippen molar-refractivity contribution in [2.45, 2.75) is 19.4 Å². The molecule has 172 valence electrons. The van der Waals surface area contributed by atoms with E-state index in [-0.39, 0.29) is 23.5 Å². The Morgan fingerprint density at radius 1 is 0.971 bits per heavy atom. The minimum atomic E-state index is -0.377. The van der Waals surface area contributed by atoms with Gasteiger partial charge in [-0.2, -0.15) is 0 Å². The first-order chi connectivity index (χ1) is 16.5.